The number of esters is 1. The number of carbonyl (C=O) groups excluding carboxylic acids is 1. The van der Waals surface area contributed by atoms with Crippen molar-refractivity contribution in [3.63, 3.8) is 0 Å². The number of hydrogen-bond donors (Lipinski definition) is 0. The second-order valence-electron chi connectivity index (χ2n) is 6.97. The van der Waals surface area contributed by atoms with Crippen LogP contribution in [0.15, 0.2) is 74.8 Å². The van der Waals surface area contributed by atoms with Gasteiger partial charge in [-0.15, -0.1) is 11.8 Å². The Labute approximate surface area is 172 Å². The van der Waals surface area contributed by atoms with Crippen LogP contribution in [0.5, 0.6) is 0 Å². The molecule has 0 aliphatic rings. The number of hydrogen-bond acceptors (Lipinski definition) is 5. The van der Waals surface area contributed by atoms with Crippen LogP contribution < -0.4 is 5.63 Å². The monoisotopic (exact) mass is 404 g/mol. The average molecular weight is 404 g/mol. The summed E-state index contributed by atoms with van der Waals surface area (Å²) >= 11 is 1.45. The van der Waals surface area contributed by atoms with E-state index in [1.807, 2.05) is 56.3 Å². The predicted molar refractivity (Wildman–Crippen MR) is 116 cm³/mol. The van der Waals surface area contributed by atoms with Crippen LogP contribution in [0.1, 0.15) is 16.7 Å². The van der Waals surface area contributed by atoms with E-state index in [2.05, 4.69) is 6.07 Å². The van der Waals surface area contributed by atoms with Gasteiger partial charge >= 0.3 is 11.6 Å². The molecule has 4 rings (SSSR count). The number of fused-ring (bicyclic) bond motifs is 3. The van der Waals surface area contributed by atoms with Crippen LogP contribution in [-0.2, 0) is 16.1 Å². The Kier molecular flexibility index (Phi) is 5.41. The van der Waals surface area contributed by atoms with Gasteiger partial charge in [0.25, 0.3) is 0 Å². The van der Waals surface area contributed by atoms with E-state index in [0.29, 0.717) is 11.1 Å². The Morgan fingerprint density at radius 3 is 2.69 bits per heavy atom. The van der Waals surface area contributed by atoms with Gasteiger partial charge < -0.3 is 9.15 Å². The normalized spacial score (nSPS) is 11.1. The van der Waals surface area contributed by atoms with E-state index in [4.69, 9.17) is 9.15 Å². The van der Waals surface area contributed by atoms with Crippen molar-refractivity contribution in [2.45, 2.75) is 25.3 Å². The SMILES string of the molecule is Cc1ccc(SCC(=O)OCc2cc(=O)oc3ccc4ccccc4c23)c(C)c1. The molecule has 0 spiro atoms. The molecule has 4 nitrogen and oxygen atoms in total. The lowest BCUT2D eigenvalue weighted by atomic mass is 10.0. The molecule has 0 saturated carbocycles. The maximum absolute atomic E-state index is 12.3. The Bertz CT molecular complexity index is 1270. The van der Waals surface area contributed by atoms with Gasteiger partial charge in [-0.25, -0.2) is 4.79 Å². The van der Waals surface area contributed by atoms with Crippen LogP contribution >= 0.6 is 11.8 Å². The third kappa shape index (κ3) is 4.20. The summed E-state index contributed by atoms with van der Waals surface area (Å²) in [5.74, 6) is -0.110. The summed E-state index contributed by atoms with van der Waals surface area (Å²) in [6, 6.07) is 19.1. The van der Waals surface area contributed by atoms with Gasteiger partial charge in [-0.3, -0.25) is 4.79 Å². The van der Waals surface area contributed by atoms with E-state index in [1.165, 1.54) is 23.4 Å². The molecule has 0 aliphatic carbocycles. The van der Waals surface area contributed by atoms with Gasteiger partial charge in [-0.1, -0.05) is 48.0 Å². The maximum Gasteiger partial charge on any atom is 0.336 e. The largest absolute Gasteiger partial charge is 0.460 e. The highest BCUT2D eigenvalue weighted by atomic mass is 32.2. The van der Waals surface area contributed by atoms with E-state index >= 15 is 0 Å². The number of benzene rings is 3. The fourth-order valence-electron chi connectivity index (χ4n) is 3.43. The Morgan fingerprint density at radius 2 is 1.86 bits per heavy atom. The zero-order valence-corrected chi connectivity index (χ0v) is 17.0. The standard InChI is InChI=1S/C24H20O4S/c1-15-7-10-21(16(2)11-15)29-14-23(26)27-13-18-12-22(25)28-20-9-8-17-5-3-4-6-19(17)24(18)20/h3-12H,13-14H2,1-2H3. The summed E-state index contributed by atoms with van der Waals surface area (Å²) in [6.45, 7) is 4.10. The van der Waals surface area contributed by atoms with Gasteiger partial charge in [-0.05, 0) is 42.3 Å². The molecule has 0 aliphatic heterocycles. The fourth-order valence-corrected chi connectivity index (χ4v) is 4.24. The molecule has 1 aromatic heterocycles. The quantitative estimate of drug-likeness (QED) is 0.193. The Balaban J connectivity index is 1.54. The topological polar surface area (TPSA) is 56.5 Å². The molecule has 4 aromatic rings. The van der Waals surface area contributed by atoms with Crippen molar-refractivity contribution in [1.29, 1.82) is 0 Å². The third-order valence-electron chi connectivity index (χ3n) is 4.78. The molecule has 146 valence electrons. The fraction of sp³-hybridized carbons (Fsp3) is 0.167. The van der Waals surface area contributed by atoms with Crippen molar-refractivity contribution >= 4 is 39.5 Å². The van der Waals surface area contributed by atoms with Crippen molar-refractivity contribution < 1.29 is 13.9 Å². The van der Waals surface area contributed by atoms with E-state index < -0.39 is 5.63 Å². The van der Waals surface area contributed by atoms with Gasteiger partial charge in [0.1, 0.15) is 12.2 Å². The molecule has 1 heterocycles. The summed E-state index contributed by atoms with van der Waals surface area (Å²) < 4.78 is 10.8. The number of aryl methyl sites for hydroxylation is 2. The lowest BCUT2D eigenvalue weighted by Gasteiger charge is -2.10. The first-order valence-electron chi connectivity index (χ1n) is 9.31. The maximum atomic E-state index is 12.3. The van der Waals surface area contributed by atoms with Gasteiger partial charge in [0, 0.05) is 21.9 Å². The first-order chi connectivity index (χ1) is 14.0. The molecule has 0 amide bonds. The van der Waals surface area contributed by atoms with Crippen LogP contribution in [-0.4, -0.2) is 11.7 Å². The number of rotatable bonds is 5. The minimum Gasteiger partial charge on any atom is -0.460 e. The van der Waals surface area contributed by atoms with Crippen molar-refractivity contribution in [2.24, 2.45) is 0 Å². The van der Waals surface area contributed by atoms with Crippen molar-refractivity contribution in [3.05, 3.63) is 87.8 Å². The first kappa shape index (κ1) is 19.3. The molecule has 0 unspecified atom stereocenters. The molecule has 0 N–H and O–H groups in total. The number of carbonyl (C=O) groups is 1. The smallest absolute Gasteiger partial charge is 0.336 e. The van der Waals surface area contributed by atoms with Crippen molar-refractivity contribution in [2.75, 3.05) is 5.75 Å². The van der Waals surface area contributed by atoms with Crippen LogP contribution in [0.3, 0.4) is 0 Å². The second-order valence-corrected chi connectivity index (χ2v) is 7.99. The van der Waals surface area contributed by atoms with Gasteiger partial charge in [0.05, 0.1) is 5.75 Å². The minimum absolute atomic E-state index is 0.0301. The van der Waals surface area contributed by atoms with E-state index in [-0.39, 0.29) is 18.3 Å². The summed E-state index contributed by atoms with van der Waals surface area (Å²) in [5, 5.41) is 2.80. The summed E-state index contributed by atoms with van der Waals surface area (Å²) in [4.78, 5) is 25.3. The highest BCUT2D eigenvalue weighted by Crippen LogP contribution is 2.28. The van der Waals surface area contributed by atoms with Crippen molar-refractivity contribution in [1.82, 2.24) is 0 Å². The van der Waals surface area contributed by atoms with Crippen LogP contribution in [0.25, 0.3) is 21.7 Å². The molecule has 0 bridgehead atoms. The molecular formula is C24H20O4S. The van der Waals surface area contributed by atoms with Crippen LogP contribution in [0.4, 0.5) is 0 Å². The Morgan fingerprint density at radius 1 is 1.03 bits per heavy atom. The second kappa shape index (κ2) is 8.13. The lowest BCUT2D eigenvalue weighted by molar-refractivity contribution is -0.141. The third-order valence-corrected chi connectivity index (χ3v) is 5.93. The summed E-state index contributed by atoms with van der Waals surface area (Å²) in [5.41, 5.74) is 3.02. The molecular weight excluding hydrogens is 384 g/mol. The minimum atomic E-state index is -0.455. The zero-order valence-electron chi connectivity index (χ0n) is 16.2. The molecule has 0 fully saturated rings. The zero-order chi connectivity index (χ0) is 20.4. The molecule has 5 heteroatoms. The number of thioether (sulfide) groups is 1. The van der Waals surface area contributed by atoms with Crippen molar-refractivity contribution in [3.8, 4) is 0 Å². The van der Waals surface area contributed by atoms with E-state index in [0.717, 1.165) is 26.6 Å². The van der Waals surface area contributed by atoms with Crippen LogP contribution in [0.2, 0.25) is 0 Å². The first-order valence-corrected chi connectivity index (χ1v) is 10.3. The number of ether oxygens (including phenoxy) is 1. The molecule has 0 radical (unpaired) electrons. The van der Waals surface area contributed by atoms with E-state index in [9.17, 15) is 9.59 Å². The Hall–Kier alpha value is -3.05. The van der Waals surface area contributed by atoms with E-state index in [1.54, 1.807) is 6.07 Å². The van der Waals surface area contributed by atoms with Gasteiger partial charge in [-0.2, -0.15) is 0 Å². The molecule has 3 aromatic carbocycles. The molecule has 29 heavy (non-hydrogen) atoms. The summed E-state index contributed by atoms with van der Waals surface area (Å²) in [7, 11) is 0. The van der Waals surface area contributed by atoms with Crippen LogP contribution in [0, 0.1) is 13.8 Å². The predicted octanol–water partition coefficient (Wildman–Crippen LogP) is 5.40. The highest BCUT2D eigenvalue weighted by molar-refractivity contribution is 8.00. The summed E-state index contributed by atoms with van der Waals surface area (Å²) in [6.07, 6.45) is 0. The molecule has 0 saturated heterocycles. The average Bonchev–Trinajstić information content (AvgIpc) is 2.71. The lowest BCUT2D eigenvalue weighted by Crippen LogP contribution is -2.09. The van der Waals surface area contributed by atoms with Gasteiger partial charge in [0.2, 0.25) is 0 Å². The highest BCUT2D eigenvalue weighted by Gasteiger charge is 2.12. The molecule has 0 atom stereocenters. The van der Waals surface area contributed by atoms with Gasteiger partial charge in [0.15, 0.2) is 0 Å².